The van der Waals surface area contributed by atoms with E-state index in [4.69, 9.17) is 9.47 Å². The molecule has 0 unspecified atom stereocenters. The average molecular weight is 449 g/mol. The molecule has 0 bridgehead atoms. The van der Waals surface area contributed by atoms with Gasteiger partial charge in [-0.25, -0.2) is 4.79 Å². The third-order valence-electron chi connectivity index (χ3n) is 9.42. The quantitative estimate of drug-likeness (QED) is 0.247. The Hall–Kier alpha value is -0.730. The van der Waals surface area contributed by atoms with Crippen LogP contribution < -0.4 is 0 Å². The highest BCUT2D eigenvalue weighted by molar-refractivity contribution is 5.60. The molecule has 0 amide bonds. The lowest BCUT2D eigenvalue weighted by Crippen LogP contribution is -2.41. The largest absolute Gasteiger partial charge is 0.508 e. The van der Waals surface area contributed by atoms with Gasteiger partial charge < -0.3 is 9.47 Å². The van der Waals surface area contributed by atoms with Gasteiger partial charge in [-0.3, -0.25) is 0 Å². The number of unbranched alkanes of at least 4 members (excludes halogenated alkanes) is 2. The molecule has 3 heteroatoms. The zero-order valence-electron chi connectivity index (χ0n) is 21.5. The number of rotatable bonds is 10. The van der Waals surface area contributed by atoms with Crippen LogP contribution in [0, 0.1) is 29.6 Å². The molecule has 0 N–H and O–H groups in total. The molecule has 0 heterocycles. The summed E-state index contributed by atoms with van der Waals surface area (Å²) in [5, 5.41) is 0. The van der Waals surface area contributed by atoms with E-state index in [-0.39, 0.29) is 5.60 Å². The highest BCUT2D eigenvalue weighted by atomic mass is 16.7. The Bertz CT molecular complexity index is 521. The van der Waals surface area contributed by atoms with Crippen molar-refractivity contribution in [2.24, 2.45) is 29.6 Å². The lowest BCUT2D eigenvalue weighted by molar-refractivity contribution is -0.0739. The number of ether oxygens (including phenoxy) is 2. The van der Waals surface area contributed by atoms with Gasteiger partial charge in [0.25, 0.3) is 0 Å². The van der Waals surface area contributed by atoms with Crippen LogP contribution in [0.25, 0.3) is 0 Å². The van der Waals surface area contributed by atoms with E-state index < -0.39 is 6.16 Å². The van der Waals surface area contributed by atoms with Crippen LogP contribution in [0.3, 0.4) is 0 Å². The van der Waals surface area contributed by atoms with Gasteiger partial charge in [0.05, 0.1) is 6.61 Å². The molecular weight excluding hydrogens is 396 g/mol. The minimum Gasteiger partial charge on any atom is -0.435 e. The maximum absolute atomic E-state index is 12.3. The molecule has 0 aliphatic heterocycles. The molecule has 3 rings (SSSR count). The molecule has 0 atom stereocenters. The van der Waals surface area contributed by atoms with E-state index in [1.165, 1.54) is 96.3 Å². The Morgan fingerprint density at radius 3 is 1.97 bits per heavy atom. The van der Waals surface area contributed by atoms with Crippen molar-refractivity contribution in [3.63, 3.8) is 0 Å². The highest BCUT2D eigenvalue weighted by Crippen LogP contribution is 2.46. The molecule has 3 aliphatic carbocycles. The molecule has 0 aromatic heterocycles. The maximum Gasteiger partial charge on any atom is 0.508 e. The SMILES string of the molecule is CCCCC[C@H]1CC[C@H](CCC2(OC(=O)OCC)CCC(C3CCC(C)CC3)CC2)CC1. The Kier molecular flexibility index (Phi) is 10.7. The standard InChI is InChI=1S/C29H52O3/c1-4-6-7-8-24-11-13-25(14-12-24)17-20-29(32-28(30)31-5-2)21-18-27(19-22-29)26-15-9-23(3)10-16-26/h23-27H,4-22H2,1-3H3/t23?,24-,25-,26?,27?,29?. The van der Waals surface area contributed by atoms with Gasteiger partial charge in [-0.2, -0.15) is 0 Å². The first-order chi connectivity index (χ1) is 15.5. The van der Waals surface area contributed by atoms with Crippen molar-refractivity contribution in [3.8, 4) is 0 Å². The third-order valence-corrected chi connectivity index (χ3v) is 9.42. The molecule has 32 heavy (non-hydrogen) atoms. The fourth-order valence-corrected chi connectivity index (χ4v) is 7.08. The molecule has 0 aromatic rings. The number of carbonyl (C=O) groups excluding carboxylic acids is 1. The minimum atomic E-state index is -0.433. The van der Waals surface area contributed by atoms with Crippen molar-refractivity contribution < 1.29 is 14.3 Å². The molecule has 0 radical (unpaired) electrons. The zero-order valence-corrected chi connectivity index (χ0v) is 21.5. The highest BCUT2D eigenvalue weighted by Gasteiger charge is 2.41. The Labute approximate surface area is 198 Å². The van der Waals surface area contributed by atoms with E-state index in [1.807, 2.05) is 6.92 Å². The van der Waals surface area contributed by atoms with Crippen LogP contribution in [-0.2, 0) is 9.47 Å². The van der Waals surface area contributed by atoms with Crippen LogP contribution in [0.15, 0.2) is 0 Å². The number of carbonyl (C=O) groups is 1. The lowest BCUT2D eigenvalue weighted by Gasteiger charge is -2.43. The molecule has 3 saturated carbocycles. The van der Waals surface area contributed by atoms with Crippen LogP contribution in [0.5, 0.6) is 0 Å². The van der Waals surface area contributed by atoms with E-state index in [0.717, 1.165) is 48.9 Å². The van der Waals surface area contributed by atoms with Gasteiger partial charge in [-0.1, -0.05) is 78.1 Å². The normalized spacial score (nSPS) is 35.9. The predicted molar refractivity (Wildman–Crippen MR) is 133 cm³/mol. The van der Waals surface area contributed by atoms with E-state index >= 15 is 0 Å². The van der Waals surface area contributed by atoms with Crippen LogP contribution >= 0.6 is 0 Å². The molecule has 0 spiro atoms. The number of hydrogen-bond acceptors (Lipinski definition) is 3. The van der Waals surface area contributed by atoms with Crippen LogP contribution in [0.1, 0.15) is 136 Å². The van der Waals surface area contributed by atoms with E-state index in [0.29, 0.717) is 6.61 Å². The van der Waals surface area contributed by atoms with Gasteiger partial charge >= 0.3 is 6.16 Å². The zero-order chi connectivity index (χ0) is 22.8. The smallest absolute Gasteiger partial charge is 0.435 e. The lowest BCUT2D eigenvalue weighted by atomic mass is 9.67. The minimum absolute atomic E-state index is 0.261. The second-order valence-corrected chi connectivity index (χ2v) is 11.7. The van der Waals surface area contributed by atoms with Crippen molar-refractivity contribution in [1.82, 2.24) is 0 Å². The monoisotopic (exact) mass is 448 g/mol. The summed E-state index contributed by atoms with van der Waals surface area (Å²) in [6.45, 7) is 6.98. The average Bonchev–Trinajstić information content (AvgIpc) is 2.80. The summed E-state index contributed by atoms with van der Waals surface area (Å²) in [6, 6.07) is 0. The second kappa shape index (κ2) is 13.2. The molecule has 0 aromatic carbocycles. The fraction of sp³-hybridized carbons (Fsp3) is 0.966. The van der Waals surface area contributed by atoms with Gasteiger partial charge in [0, 0.05) is 0 Å². The Morgan fingerprint density at radius 1 is 0.781 bits per heavy atom. The van der Waals surface area contributed by atoms with Gasteiger partial charge in [-0.05, 0) is 87.9 Å². The van der Waals surface area contributed by atoms with Gasteiger partial charge in [0.15, 0.2) is 0 Å². The molecule has 186 valence electrons. The summed E-state index contributed by atoms with van der Waals surface area (Å²) >= 11 is 0. The summed E-state index contributed by atoms with van der Waals surface area (Å²) in [4.78, 5) is 12.3. The molecule has 3 nitrogen and oxygen atoms in total. The van der Waals surface area contributed by atoms with Gasteiger partial charge in [0.1, 0.15) is 5.60 Å². The number of hydrogen-bond donors (Lipinski definition) is 0. The van der Waals surface area contributed by atoms with Crippen LogP contribution in [0.4, 0.5) is 4.79 Å². The molecule has 3 aliphatic rings. The van der Waals surface area contributed by atoms with Crippen LogP contribution in [0.2, 0.25) is 0 Å². The topological polar surface area (TPSA) is 35.5 Å². The molecular formula is C29H52O3. The molecule has 3 fully saturated rings. The van der Waals surface area contributed by atoms with E-state index in [1.54, 1.807) is 0 Å². The van der Waals surface area contributed by atoms with Crippen molar-refractivity contribution in [2.45, 2.75) is 142 Å². The van der Waals surface area contributed by atoms with Crippen molar-refractivity contribution in [1.29, 1.82) is 0 Å². The summed E-state index contributed by atoms with van der Waals surface area (Å²) in [7, 11) is 0. The van der Waals surface area contributed by atoms with Crippen molar-refractivity contribution in [3.05, 3.63) is 0 Å². The predicted octanol–water partition coefficient (Wildman–Crippen LogP) is 9.08. The Morgan fingerprint density at radius 2 is 1.38 bits per heavy atom. The van der Waals surface area contributed by atoms with Crippen LogP contribution in [-0.4, -0.2) is 18.4 Å². The van der Waals surface area contributed by atoms with E-state index in [9.17, 15) is 4.79 Å². The maximum atomic E-state index is 12.3. The fourth-order valence-electron chi connectivity index (χ4n) is 7.08. The summed E-state index contributed by atoms with van der Waals surface area (Å²) in [5.74, 6) is 4.48. The third kappa shape index (κ3) is 7.94. The summed E-state index contributed by atoms with van der Waals surface area (Å²) in [6.07, 6.45) is 23.3. The van der Waals surface area contributed by atoms with Crippen molar-refractivity contribution >= 4 is 6.16 Å². The first-order valence-electron chi connectivity index (χ1n) is 14.4. The summed E-state index contributed by atoms with van der Waals surface area (Å²) < 4.78 is 11.3. The first-order valence-corrected chi connectivity index (χ1v) is 14.4. The first kappa shape index (κ1) is 25.9. The summed E-state index contributed by atoms with van der Waals surface area (Å²) in [5.41, 5.74) is -0.261. The van der Waals surface area contributed by atoms with Gasteiger partial charge in [-0.15, -0.1) is 0 Å². The molecule has 0 saturated heterocycles. The Balaban J connectivity index is 1.47. The second-order valence-electron chi connectivity index (χ2n) is 11.7. The van der Waals surface area contributed by atoms with Gasteiger partial charge in [0.2, 0.25) is 0 Å². The van der Waals surface area contributed by atoms with Crippen molar-refractivity contribution in [2.75, 3.05) is 6.61 Å². The van der Waals surface area contributed by atoms with E-state index in [2.05, 4.69) is 13.8 Å².